The number of carbonyl (C=O) groups excluding carboxylic acids is 2. The van der Waals surface area contributed by atoms with Crippen LogP contribution in [0.2, 0.25) is 5.15 Å². The predicted molar refractivity (Wildman–Crippen MR) is 108 cm³/mol. The van der Waals surface area contributed by atoms with Crippen LogP contribution >= 0.6 is 11.6 Å². The summed E-state index contributed by atoms with van der Waals surface area (Å²) in [5.41, 5.74) is 3.05. The number of hydrogen-bond acceptors (Lipinski definition) is 4. The van der Waals surface area contributed by atoms with Crippen LogP contribution in [-0.4, -0.2) is 28.3 Å². The highest BCUT2D eigenvalue weighted by atomic mass is 35.5. The Hall–Kier alpha value is -3.19. The lowest BCUT2D eigenvalue weighted by molar-refractivity contribution is -0.119. The van der Waals surface area contributed by atoms with Crippen molar-refractivity contribution in [2.75, 3.05) is 11.9 Å². The Balaban J connectivity index is 1.63. The molecule has 1 amide bonds. The van der Waals surface area contributed by atoms with E-state index in [1.807, 2.05) is 31.2 Å². The van der Waals surface area contributed by atoms with Crippen molar-refractivity contribution in [1.29, 1.82) is 0 Å². The van der Waals surface area contributed by atoms with Gasteiger partial charge in [0, 0.05) is 5.69 Å². The Morgan fingerprint density at radius 3 is 2.41 bits per heavy atom. The summed E-state index contributed by atoms with van der Waals surface area (Å²) < 4.78 is 19.5. The molecule has 150 valence electrons. The van der Waals surface area contributed by atoms with Crippen LogP contribution in [-0.2, 0) is 16.1 Å². The van der Waals surface area contributed by atoms with Gasteiger partial charge in [-0.15, -0.1) is 0 Å². The van der Waals surface area contributed by atoms with Gasteiger partial charge in [0.2, 0.25) is 0 Å². The van der Waals surface area contributed by atoms with Crippen LogP contribution in [0.25, 0.3) is 0 Å². The number of nitrogens with one attached hydrogen (secondary N) is 1. The van der Waals surface area contributed by atoms with E-state index in [2.05, 4.69) is 10.4 Å². The highest BCUT2D eigenvalue weighted by Gasteiger charge is 2.22. The molecule has 1 N–H and O–H groups in total. The lowest BCUT2D eigenvalue weighted by Gasteiger charge is -2.07. The summed E-state index contributed by atoms with van der Waals surface area (Å²) in [5, 5.41) is 6.96. The number of halogens is 2. The number of rotatable bonds is 6. The van der Waals surface area contributed by atoms with E-state index in [0.29, 0.717) is 17.9 Å². The van der Waals surface area contributed by atoms with Gasteiger partial charge in [0.15, 0.2) is 6.61 Å². The number of anilines is 1. The zero-order valence-electron chi connectivity index (χ0n) is 15.9. The smallest absolute Gasteiger partial charge is 0.343 e. The number of nitrogens with zero attached hydrogens (tertiary/aromatic N) is 2. The van der Waals surface area contributed by atoms with Crippen LogP contribution in [0.1, 0.15) is 27.2 Å². The van der Waals surface area contributed by atoms with Gasteiger partial charge in [-0.3, -0.25) is 4.79 Å². The number of benzene rings is 2. The molecule has 29 heavy (non-hydrogen) atoms. The van der Waals surface area contributed by atoms with Crippen LogP contribution < -0.4 is 5.32 Å². The van der Waals surface area contributed by atoms with Gasteiger partial charge in [0.1, 0.15) is 16.5 Å². The molecule has 8 heteroatoms. The molecular weight excluding hydrogens is 397 g/mol. The van der Waals surface area contributed by atoms with E-state index in [1.54, 1.807) is 6.92 Å². The minimum absolute atomic E-state index is 0.119. The summed E-state index contributed by atoms with van der Waals surface area (Å²) in [7, 11) is 0. The maximum Gasteiger partial charge on any atom is 0.343 e. The number of ether oxygens (including phenoxy) is 1. The molecular formula is C21H19ClFN3O3. The largest absolute Gasteiger partial charge is 0.452 e. The van der Waals surface area contributed by atoms with E-state index in [1.165, 1.54) is 28.9 Å². The van der Waals surface area contributed by atoms with E-state index >= 15 is 0 Å². The fourth-order valence-electron chi connectivity index (χ4n) is 2.69. The van der Waals surface area contributed by atoms with Crippen LogP contribution in [0.5, 0.6) is 0 Å². The molecule has 0 unspecified atom stereocenters. The van der Waals surface area contributed by atoms with Crippen molar-refractivity contribution >= 4 is 29.2 Å². The number of carbonyl (C=O) groups is 2. The normalized spacial score (nSPS) is 10.6. The van der Waals surface area contributed by atoms with E-state index in [0.717, 1.165) is 11.1 Å². The van der Waals surface area contributed by atoms with E-state index < -0.39 is 24.3 Å². The van der Waals surface area contributed by atoms with Crippen LogP contribution in [0.4, 0.5) is 10.1 Å². The molecule has 0 bridgehead atoms. The number of aromatic nitrogens is 2. The third-order valence-corrected chi connectivity index (χ3v) is 4.57. The molecule has 0 aliphatic carbocycles. The lowest BCUT2D eigenvalue weighted by atomic mass is 10.1. The molecule has 6 nitrogen and oxygen atoms in total. The highest BCUT2D eigenvalue weighted by molar-refractivity contribution is 6.32. The van der Waals surface area contributed by atoms with Gasteiger partial charge < -0.3 is 10.1 Å². The second kappa shape index (κ2) is 8.87. The molecule has 3 rings (SSSR count). The standard InChI is InChI=1S/C21H19ClFN3O3/c1-13-3-5-15(6-4-13)11-26-20(22)19(14(2)25-26)21(28)29-12-18(27)24-17-9-7-16(23)8-10-17/h3-10H,11-12H2,1-2H3,(H,24,27). The second-order valence-corrected chi connectivity index (χ2v) is 6.88. The first-order valence-electron chi connectivity index (χ1n) is 8.84. The van der Waals surface area contributed by atoms with Crippen molar-refractivity contribution in [3.8, 4) is 0 Å². The minimum Gasteiger partial charge on any atom is -0.452 e. The molecule has 0 spiro atoms. The van der Waals surface area contributed by atoms with Crippen molar-refractivity contribution in [2.45, 2.75) is 20.4 Å². The van der Waals surface area contributed by atoms with Gasteiger partial charge in [0.25, 0.3) is 5.91 Å². The summed E-state index contributed by atoms with van der Waals surface area (Å²) in [4.78, 5) is 24.3. The fraction of sp³-hybridized carbons (Fsp3) is 0.190. The number of esters is 1. The van der Waals surface area contributed by atoms with Crippen LogP contribution in [0.3, 0.4) is 0 Å². The third-order valence-electron chi connectivity index (χ3n) is 4.18. The first kappa shape index (κ1) is 20.5. The summed E-state index contributed by atoms with van der Waals surface area (Å²) in [6, 6.07) is 13.1. The average Bonchev–Trinajstić information content (AvgIpc) is 2.97. The molecule has 1 aromatic heterocycles. The molecule has 0 atom stereocenters. The van der Waals surface area contributed by atoms with Gasteiger partial charge in [0.05, 0.1) is 12.2 Å². The first-order valence-corrected chi connectivity index (χ1v) is 9.22. The highest BCUT2D eigenvalue weighted by Crippen LogP contribution is 2.22. The first-order chi connectivity index (χ1) is 13.8. The van der Waals surface area contributed by atoms with Crippen molar-refractivity contribution in [3.05, 3.63) is 81.9 Å². The predicted octanol–water partition coefficient (Wildman–Crippen LogP) is 4.14. The minimum atomic E-state index is -0.739. The zero-order chi connectivity index (χ0) is 21.0. The molecule has 3 aromatic rings. The number of aryl methyl sites for hydroxylation is 2. The monoisotopic (exact) mass is 415 g/mol. The van der Waals surface area contributed by atoms with E-state index in [-0.39, 0.29) is 10.7 Å². The maximum atomic E-state index is 12.9. The Bertz CT molecular complexity index is 1030. The molecule has 0 radical (unpaired) electrons. The Kier molecular flexibility index (Phi) is 6.29. The summed E-state index contributed by atoms with van der Waals surface area (Å²) >= 11 is 6.33. The fourth-order valence-corrected chi connectivity index (χ4v) is 3.00. The zero-order valence-corrected chi connectivity index (χ0v) is 16.7. The van der Waals surface area contributed by atoms with Gasteiger partial charge in [-0.2, -0.15) is 5.10 Å². The Morgan fingerprint density at radius 1 is 1.10 bits per heavy atom. The third kappa shape index (κ3) is 5.20. The molecule has 1 heterocycles. The van der Waals surface area contributed by atoms with E-state index in [4.69, 9.17) is 16.3 Å². The molecule has 0 saturated heterocycles. The topological polar surface area (TPSA) is 73.2 Å². The second-order valence-electron chi connectivity index (χ2n) is 6.53. The number of amides is 1. The van der Waals surface area contributed by atoms with Gasteiger partial charge in [-0.05, 0) is 43.7 Å². The Morgan fingerprint density at radius 2 is 1.76 bits per heavy atom. The maximum absolute atomic E-state index is 12.9. The molecule has 0 aliphatic rings. The van der Waals surface area contributed by atoms with Gasteiger partial charge >= 0.3 is 5.97 Å². The number of hydrogen-bond donors (Lipinski definition) is 1. The van der Waals surface area contributed by atoms with E-state index in [9.17, 15) is 14.0 Å². The van der Waals surface area contributed by atoms with Gasteiger partial charge in [-0.1, -0.05) is 41.4 Å². The SMILES string of the molecule is Cc1ccc(Cn2nc(C)c(C(=O)OCC(=O)Nc3ccc(F)cc3)c2Cl)cc1. The lowest BCUT2D eigenvalue weighted by Crippen LogP contribution is -2.21. The summed E-state index contributed by atoms with van der Waals surface area (Å²) in [5.74, 6) is -1.70. The Labute approximate surface area is 172 Å². The van der Waals surface area contributed by atoms with Crippen LogP contribution in [0.15, 0.2) is 48.5 Å². The quantitative estimate of drug-likeness (QED) is 0.614. The molecule has 0 aliphatic heterocycles. The van der Waals surface area contributed by atoms with Crippen molar-refractivity contribution < 1.29 is 18.7 Å². The average molecular weight is 416 g/mol. The van der Waals surface area contributed by atoms with Crippen molar-refractivity contribution in [2.24, 2.45) is 0 Å². The van der Waals surface area contributed by atoms with Crippen molar-refractivity contribution in [3.63, 3.8) is 0 Å². The molecule has 2 aromatic carbocycles. The summed E-state index contributed by atoms with van der Waals surface area (Å²) in [6.45, 7) is 3.54. The summed E-state index contributed by atoms with van der Waals surface area (Å²) in [6.07, 6.45) is 0. The van der Waals surface area contributed by atoms with Crippen LogP contribution in [0, 0.1) is 19.7 Å². The van der Waals surface area contributed by atoms with Crippen molar-refractivity contribution in [1.82, 2.24) is 9.78 Å². The molecule has 0 fully saturated rings. The molecule has 0 saturated carbocycles. The van der Waals surface area contributed by atoms with Gasteiger partial charge in [-0.25, -0.2) is 13.9 Å².